The Morgan fingerprint density at radius 1 is 1.30 bits per heavy atom. The normalized spacial score (nSPS) is 16.8. The van der Waals surface area contributed by atoms with Crippen LogP contribution >= 0.6 is 0 Å². The quantitative estimate of drug-likeness (QED) is 0.877. The topological polar surface area (TPSA) is 79.7 Å². The molecule has 0 bridgehead atoms. The molecule has 1 aromatic heterocycles. The molecule has 2 heterocycles. The highest BCUT2D eigenvalue weighted by Gasteiger charge is 2.29. The van der Waals surface area contributed by atoms with Crippen LogP contribution in [0.1, 0.15) is 39.9 Å². The molecule has 0 radical (unpaired) electrons. The van der Waals surface area contributed by atoms with Gasteiger partial charge in [0.2, 0.25) is 0 Å². The van der Waals surface area contributed by atoms with Crippen LogP contribution in [0.2, 0.25) is 0 Å². The van der Waals surface area contributed by atoms with Crippen molar-refractivity contribution >= 4 is 11.9 Å². The smallest absolute Gasteiger partial charge is 0.308 e. The fourth-order valence-electron chi connectivity index (χ4n) is 3.49. The summed E-state index contributed by atoms with van der Waals surface area (Å²) < 4.78 is 5.94. The van der Waals surface area contributed by atoms with Crippen molar-refractivity contribution in [2.45, 2.75) is 33.3 Å². The van der Waals surface area contributed by atoms with Crippen LogP contribution < -0.4 is 4.74 Å². The number of ether oxygens (including phenoxy) is 1. The van der Waals surface area contributed by atoms with Crippen molar-refractivity contribution in [2.24, 2.45) is 5.92 Å². The molecule has 0 saturated carbocycles. The minimum absolute atomic E-state index is 0.119. The van der Waals surface area contributed by atoms with Crippen molar-refractivity contribution in [2.75, 3.05) is 13.1 Å². The molecule has 1 amide bonds. The van der Waals surface area contributed by atoms with E-state index in [9.17, 15) is 14.7 Å². The molecular formula is C21H24N2O4. The molecule has 1 fully saturated rings. The maximum Gasteiger partial charge on any atom is 0.308 e. The molecule has 6 heteroatoms. The number of aliphatic carboxylic acids is 1. The lowest BCUT2D eigenvalue weighted by atomic mass is 9.97. The van der Waals surface area contributed by atoms with Gasteiger partial charge in [0.25, 0.3) is 5.91 Å². The number of hydrogen-bond acceptors (Lipinski definition) is 4. The van der Waals surface area contributed by atoms with Crippen LogP contribution in [-0.2, 0) is 11.4 Å². The first kappa shape index (κ1) is 18.9. The summed E-state index contributed by atoms with van der Waals surface area (Å²) in [7, 11) is 0. The third kappa shape index (κ3) is 4.45. The first-order chi connectivity index (χ1) is 13.0. The van der Waals surface area contributed by atoms with E-state index in [0.717, 1.165) is 22.4 Å². The second kappa shape index (κ2) is 8.20. The van der Waals surface area contributed by atoms with Crippen LogP contribution in [0.4, 0.5) is 0 Å². The number of rotatable bonds is 5. The third-order valence-electron chi connectivity index (χ3n) is 4.87. The van der Waals surface area contributed by atoms with Crippen LogP contribution in [0.3, 0.4) is 0 Å². The number of likely N-dealkylation sites (tertiary alicyclic amines) is 1. The molecule has 6 nitrogen and oxygen atoms in total. The molecule has 1 saturated heterocycles. The average molecular weight is 368 g/mol. The predicted octanol–water partition coefficient (Wildman–Crippen LogP) is 3.21. The molecule has 1 aliphatic heterocycles. The number of amides is 1. The lowest BCUT2D eigenvalue weighted by Crippen LogP contribution is -2.42. The zero-order valence-electron chi connectivity index (χ0n) is 15.6. The van der Waals surface area contributed by atoms with Crippen LogP contribution in [0.5, 0.6) is 5.75 Å². The lowest BCUT2D eigenvalue weighted by Gasteiger charge is -2.31. The minimum atomic E-state index is -0.834. The van der Waals surface area contributed by atoms with Crippen molar-refractivity contribution < 1.29 is 19.4 Å². The Morgan fingerprint density at radius 3 is 2.67 bits per heavy atom. The van der Waals surface area contributed by atoms with Gasteiger partial charge in [0.1, 0.15) is 12.4 Å². The van der Waals surface area contributed by atoms with Crippen molar-refractivity contribution in [1.82, 2.24) is 9.88 Å². The number of hydrogen-bond donors (Lipinski definition) is 1. The highest BCUT2D eigenvalue weighted by Crippen LogP contribution is 2.27. The summed E-state index contributed by atoms with van der Waals surface area (Å²) in [5, 5.41) is 9.23. The van der Waals surface area contributed by atoms with Gasteiger partial charge in [-0.2, -0.15) is 0 Å². The summed E-state index contributed by atoms with van der Waals surface area (Å²) in [5.41, 5.74) is 3.32. The number of nitrogens with zero attached hydrogens (tertiary/aromatic N) is 2. The monoisotopic (exact) mass is 368 g/mol. The molecule has 1 N–H and O–H groups in total. The van der Waals surface area contributed by atoms with E-state index in [1.165, 1.54) is 0 Å². The third-order valence-corrected chi connectivity index (χ3v) is 4.87. The number of pyridine rings is 1. The van der Waals surface area contributed by atoms with Gasteiger partial charge in [-0.15, -0.1) is 0 Å². The Bertz CT molecular complexity index is 812. The molecule has 142 valence electrons. The van der Waals surface area contributed by atoms with Crippen molar-refractivity contribution in [3.63, 3.8) is 0 Å². The number of carboxylic acids is 1. The van der Waals surface area contributed by atoms with Crippen molar-refractivity contribution in [3.8, 4) is 5.75 Å². The van der Waals surface area contributed by atoms with Gasteiger partial charge in [-0.3, -0.25) is 14.6 Å². The summed E-state index contributed by atoms with van der Waals surface area (Å²) in [6.07, 6.45) is 4.82. The molecule has 1 atom stereocenters. The van der Waals surface area contributed by atoms with Crippen LogP contribution in [0, 0.1) is 19.8 Å². The predicted molar refractivity (Wildman–Crippen MR) is 101 cm³/mol. The highest BCUT2D eigenvalue weighted by atomic mass is 16.5. The van der Waals surface area contributed by atoms with E-state index in [1.807, 2.05) is 38.1 Å². The average Bonchev–Trinajstić information content (AvgIpc) is 2.67. The van der Waals surface area contributed by atoms with E-state index in [2.05, 4.69) is 4.98 Å². The van der Waals surface area contributed by atoms with E-state index in [0.29, 0.717) is 31.6 Å². The number of carboxylic acid groups (broad SMARTS) is 1. The van der Waals surface area contributed by atoms with E-state index in [4.69, 9.17) is 4.74 Å². The van der Waals surface area contributed by atoms with Gasteiger partial charge in [-0.05, 0) is 56.0 Å². The summed E-state index contributed by atoms with van der Waals surface area (Å²) in [6.45, 7) is 5.11. The van der Waals surface area contributed by atoms with Crippen LogP contribution in [-0.4, -0.2) is 40.0 Å². The maximum absolute atomic E-state index is 12.8. The number of piperidine rings is 1. The molecule has 0 unspecified atom stereocenters. The number of aryl methyl sites for hydroxylation is 2. The van der Waals surface area contributed by atoms with E-state index in [-0.39, 0.29) is 12.5 Å². The van der Waals surface area contributed by atoms with Gasteiger partial charge in [-0.1, -0.05) is 6.07 Å². The molecule has 1 aromatic carbocycles. The molecule has 2 aromatic rings. The van der Waals surface area contributed by atoms with E-state index in [1.54, 1.807) is 17.3 Å². The van der Waals surface area contributed by atoms with Gasteiger partial charge in [0, 0.05) is 36.6 Å². The molecule has 1 aliphatic rings. The van der Waals surface area contributed by atoms with Crippen molar-refractivity contribution in [1.29, 1.82) is 0 Å². The number of benzene rings is 1. The van der Waals surface area contributed by atoms with E-state index >= 15 is 0 Å². The molecule has 0 aliphatic carbocycles. The zero-order chi connectivity index (χ0) is 19.4. The zero-order valence-corrected chi connectivity index (χ0v) is 15.6. The number of carbonyl (C=O) groups is 2. The first-order valence-corrected chi connectivity index (χ1v) is 9.10. The Morgan fingerprint density at radius 2 is 2.04 bits per heavy atom. The van der Waals surface area contributed by atoms with Gasteiger partial charge in [0.05, 0.1) is 5.92 Å². The Hall–Kier alpha value is -2.89. The number of carbonyl (C=O) groups excluding carboxylic acids is 1. The maximum atomic E-state index is 12.8. The van der Waals surface area contributed by atoms with Gasteiger partial charge in [0.15, 0.2) is 0 Å². The molecule has 0 spiro atoms. The minimum Gasteiger partial charge on any atom is -0.488 e. The lowest BCUT2D eigenvalue weighted by molar-refractivity contribution is -0.143. The molecular weight excluding hydrogens is 344 g/mol. The summed E-state index contributed by atoms with van der Waals surface area (Å²) in [4.78, 5) is 29.8. The first-order valence-electron chi connectivity index (χ1n) is 9.10. The Labute approximate surface area is 158 Å². The molecule has 3 rings (SSSR count). The molecule has 27 heavy (non-hydrogen) atoms. The summed E-state index contributed by atoms with van der Waals surface area (Å²) in [6, 6.07) is 7.45. The van der Waals surface area contributed by atoms with Crippen LogP contribution in [0.25, 0.3) is 0 Å². The fraction of sp³-hybridized carbons (Fsp3) is 0.381. The highest BCUT2D eigenvalue weighted by molar-refractivity contribution is 5.95. The SMILES string of the molecule is Cc1cc(C(=O)N2CCC[C@@H](C(=O)O)C2)cc(C)c1OCc1cccnc1. The fourth-order valence-corrected chi connectivity index (χ4v) is 3.49. The standard InChI is InChI=1S/C21H24N2O4/c1-14-9-18(20(24)23-8-4-6-17(12-23)21(25)26)10-15(2)19(14)27-13-16-5-3-7-22-11-16/h3,5,7,9-11,17H,4,6,8,12-13H2,1-2H3,(H,25,26)/t17-/m1/s1. The summed E-state index contributed by atoms with van der Waals surface area (Å²) >= 11 is 0. The second-order valence-corrected chi connectivity index (χ2v) is 7.02. The van der Waals surface area contributed by atoms with Crippen LogP contribution in [0.15, 0.2) is 36.7 Å². The van der Waals surface area contributed by atoms with Crippen molar-refractivity contribution in [3.05, 3.63) is 58.9 Å². The summed E-state index contributed by atoms with van der Waals surface area (Å²) in [5.74, 6) is -0.672. The Balaban J connectivity index is 1.73. The van der Waals surface area contributed by atoms with E-state index < -0.39 is 11.9 Å². The second-order valence-electron chi connectivity index (χ2n) is 7.02. The van der Waals surface area contributed by atoms with Gasteiger partial charge >= 0.3 is 5.97 Å². The van der Waals surface area contributed by atoms with Gasteiger partial charge in [-0.25, -0.2) is 0 Å². The Kier molecular flexibility index (Phi) is 5.74. The number of aromatic nitrogens is 1. The largest absolute Gasteiger partial charge is 0.488 e. The van der Waals surface area contributed by atoms with Gasteiger partial charge < -0.3 is 14.7 Å².